The van der Waals surface area contributed by atoms with Gasteiger partial charge in [0.15, 0.2) is 0 Å². The molecule has 1 aromatic rings. The van der Waals surface area contributed by atoms with Gasteiger partial charge in [0.25, 0.3) is 11.8 Å². The summed E-state index contributed by atoms with van der Waals surface area (Å²) in [5.74, 6) is -2.80. The molecule has 0 spiro atoms. The van der Waals surface area contributed by atoms with E-state index in [1.807, 2.05) is 0 Å². The molecule has 1 fully saturated rings. The number of hydrogen-bond donors (Lipinski definition) is 0. The molecule has 0 aliphatic carbocycles. The molecule has 0 saturated carbocycles. The number of methoxy groups -OCH3 is 1. The van der Waals surface area contributed by atoms with Gasteiger partial charge in [-0.2, -0.15) is 0 Å². The van der Waals surface area contributed by atoms with Gasteiger partial charge in [0.1, 0.15) is 0 Å². The molecule has 6 heteroatoms. The fourth-order valence-corrected chi connectivity index (χ4v) is 1.72. The predicted molar refractivity (Wildman–Crippen MR) is 56.3 cm³/mol. The van der Waals surface area contributed by atoms with Crippen LogP contribution in [-0.2, 0) is 0 Å². The Morgan fingerprint density at radius 2 is 2.29 bits per heavy atom. The normalized spacial score (nSPS) is 18.2. The SMILES string of the molecule is COc1ccc(C(=O)N2CCC(F)(F)C2)cn1. The average molecular weight is 242 g/mol. The van der Waals surface area contributed by atoms with Gasteiger partial charge in [-0.15, -0.1) is 0 Å². The molecular formula is C11H12F2N2O2. The lowest BCUT2D eigenvalue weighted by molar-refractivity contribution is 0.0120. The van der Waals surface area contributed by atoms with E-state index in [0.29, 0.717) is 11.4 Å². The van der Waals surface area contributed by atoms with Gasteiger partial charge in [0.2, 0.25) is 5.88 Å². The van der Waals surface area contributed by atoms with Crippen LogP contribution in [0.4, 0.5) is 8.78 Å². The van der Waals surface area contributed by atoms with Crippen LogP contribution in [0.5, 0.6) is 5.88 Å². The number of alkyl halides is 2. The van der Waals surface area contributed by atoms with Crippen molar-refractivity contribution in [1.29, 1.82) is 0 Å². The van der Waals surface area contributed by atoms with Crippen LogP contribution in [0.1, 0.15) is 16.8 Å². The quantitative estimate of drug-likeness (QED) is 0.790. The largest absolute Gasteiger partial charge is 0.481 e. The first-order valence-corrected chi connectivity index (χ1v) is 5.19. The first-order chi connectivity index (χ1) is 8.02. The van der Waals surface area contributed by atoms with Crippen LogP contribution in [0.15, 0.2) is 18.3 Å². The first-order valence-electron chi connectivity index (χ1n) is 5.19. The second kappa shape index (κ2) is 4.27. The average Bonchev–Trinajstić information content (AvgIpc) is 2.69. The van der Waals surface area contributed by atoms with Gasteiger partial charge >= 0.3 is 0 Å². The fourth-order valence-electron chi connectivity index (χ4n) is 1.72. The van der Waals surface area contributed by atoms with E-state index >= 15 is 0 Å². The molecule has 0 aromatic carbocycles. The molecular weight excluding hydrogens is 230 g/mol. The van der Waals surface area contributed by atoms with Crippen molar-refractivity contribution in [3.05, 3.63) is 23.9 Å². The lowest BCUT2D eigenvalue weighted by Crippen LogP contribution is -2.31. The highest BCUT2D eigenvalue weighted by Gasteiger charge is 2.40. The Balaban J connectivity index is 2.09. The molecule has 0 N–H and O–H groups in total. The van der Waals surface area contributed by atoms with Gasteiger partial charge in [-0.05, 0) is 6.07 Å². The summed E-state index contributed by atoms with van der Waals surface area (Å²) < 4.78 is 30.8. The summed E-state index contributed by atoms with van der Waals surface area (Å²) in [6.07, 6.45) is 1.06. The lowest BCUT2D eigenvalue weighted by Gasteiger charge is -2.15. The van der Waals surface area contributed by atoms with Crippen molar-refractivity contribution in [1.82, 2.24) is 9.88 Å². The number of nitrogens with zero attached hydrogens (tertiary/aromatic N) is 2. The Morgan fingerprint density at radius 3 is 2.76 bits per heavy atom. The molecule has 2 rings (SSSR count). The zero-order chi connectivity index (χ0) is 12.5. The summed E-state index contributed by atoms with van der Waals surface area (Å²) >= 11 is 0. The molecule has 0 bridgehead atoms. The third kappa shape index (κ3) is 2.51. The minimum absolute atomic E-state index is 0.0812. The van der Waals surface area contributed by atoms with E-state index in [9.17, 15) is 13.6 Å². The number of rotatable bonds is 2. The monoisotopic (exact) mass is 242 g/mol. The number of amides is 1. The highest BCUT2D eigenvalue weighted by Crippen LogP contribution is 2.27. The van der Waals surface area contributed by atoms with E-state index in [1.54, 1.807) is 0 Å². The summed E-state index contributed by atoms with van der Waals surface area (Å²) in [5, 5.41) is 0. The Bertz CT molecular complexity index is 420. The van der Waals surface area contributed by atoms with Crippen molar-refractivity contribution in [3.63, 3.8) is 0 Å². The van der Waals surface area contributed by atoms with E-state index in [2.05, 4.69) is 4.98 Å². The van der Waals surface area contributed by atoms with Crippen LogP contribution in [0.3, 0.4) is 0 Å². The lowest BCUT2D eigenvalue weighted by atomic mass is 10.2. The van der Waals surface area contributed by atoms with Crippen LogP contribution >= 0.6 is 0 Å². The van der Waals surface area contributed by atoms with Gasteiger partial charge < -0.3 is 9.64 Å². The van der Waals surface area contributed by atoms with Gasteiger partial charge in [-0.1, -0.05) is 0 Å². The van der Waals surface area contributed by atoms with Crippen molar-refractivity contribution in [2.24, 2.45) is 0 Å². The Hall–Kier alpha value is -1.72. The number of halogens is 2. The third-order valence-corrected chi connectivity index (χ3v) is 2.65. The third-order valence-electron chi connectivity index (χ3n) is 2.65. The van der Waals surface area contributed by atoms with Crippen LogP contribution in [0.25, 0.3) is 0 Å². The Morgan fingerprint density at radius 1 is 1.53 bits per heavy atom. The fraction of sp³-hybridized carbons (Fsp3) is 0.455. The van der Waals surface area contributed by atoms with E-state index < -0.39 is 18.4 Å². The smallest absolute Gasteiger partial charge is 0.267 e. The van der Waals surface area contributed by atoms with Crippen LogP contribution < -0.4 is 4.74 Å². The van der Waals surface area contributed by atoms with Crippen LogP contribution in [-0.4, -0.2) is 41.9 Å². The summed E-state index contributed by atoms with van der Waals surface area (Å²) in [4.78, 5) is 16.9. The maximum atomic E-state index is 13.0. The number of carbonyl (C=O) groups is 1. The molecule has 0 atom stereocenters. The molecule has 0 unspecified atom stereocenters. The van der Waals surface area contributed by atoms with Crippen molar-refractivity contribution in [3.8, 4) is 5.88 Å². The van der Waals surface area contributed by atoms with Gasteiger partial charge in [0, 0.05) is 25.2 Å². The van der Waals surface area contributed by atoms with Crippen LogP contribution in [0, 0.1) is 0 Å². The number of carbonyl (C=O) groups excluding carboxylic acids is 1. The standard InChI is InChI=1S/C11H12F2N2O2/c1-17-9-3-2-8(6-14-9)10(16)15-5-4-11(12,13)7-15/h2-3,6H,4-5,7H2,1H3. The molecule has 1 aliphatic heterocycles. The molecule has 1 aliphatic rings. The molecule has 0 radical (unpaired) electrons. The van der Waals surface area contributed by atoms with Crippen LogP contribution in [0.2, 0.25) is 0 Å². The topological polar surface area (TPSA) is 42.4 Å². The molecule has 92 valence electrons. The number of ether oxygens (including phenoxy) is 1. The summed E-state index contributed by atoms with van der Waals surface area (Å²) in [5.41, 5.74) is 0.295. The number of aromatic nitrogens is 1. The molecule has 17 heavy (non-hydrogen) atoms. The first kappa shape index (κ1) is 11.8. The van der Waals surface area contributed by atoms with E-state index in [-0.39, 0.29) is 13.0 Å². The van der Waals surface area contributed by atoms with E-state index in [1.165, 1.54) is 25.4 Å². The molecule has 4 nitrogen and oxygen atoms in total. The minimum Gasteiger partial charge on any atom is -0.481 e. The number of pyridine rings is 1. The van der Waals surface area contributed by atoms with E-state index in [0.717, 1.165) is 4.90 Å². The van der Waals surface area contributed by atoms with Crippen molar-refractivity contribution in [2.45, 2.75) is 12.3 Å². The highest BCUT2D eigenvalue weighted by atomic mass is 19.3. The zero-order valence-corrected chi connectivity index (χ0v) is 9.32. The van der Waals surface area contributed by atoms with Gasteiger partial charge in [0.05, 0.1) is 19.2 Å². The molecule has 1 amide bonds. The van der Waals surface area contributed by atoms with Gasteiger partial charge in [-0.25, -0.2) is 13.8 Å². The van der Waals surface area contributed by atoms with Crippen molar-refractivity contribution < 1.29 is 18.3 Å². The van der Waals surface area contributed by atoms with Gasteiger partial charge in [-0.3, -0.25) is 4.79 Å². The molecule has 2 heterocycles. The summed E-state index contributed by atoms with van der Waals surface area (Å²) in [6.45, 7) is -0.435. The van der Waals surface area contributed by atoms with Crippen molar-refractivity contribution in [2.75, 3.05) is 20.2 Å². The summed E-state index contributed by atoms with van der Waals surface area (Å²) in [6, 6.07) is 3.05. The Kier molecular flexibility index (Phi) is 2.95. The zero-order valence-electron chi connectivity index (χ0n) is 9.32. The maximum Gasteiger partial charge on any atom is 0.267 e. The van der Waals surface area contributed by atoms with Crippen molar-refractivity contribution >= 4 is 5.91 Å². The number of likely N-dealkylation sites (tertiary alicyclic amines) is 1. The predicted octanol–water partition coefficient (Wildman–Crippen LogP) is 1.57. The minimum atomic E-state index is -2.77. The number of hydrogen-bond acceptors (Lipinski definition) is 3. The Labute approximate surface area is 97.2 Å². The summed E-state index contributed by atoms with van der Waals surface area (Å²) in [7, 11) is 1.46. The maximum absolute atomic E-state index is 13.0. The highest BCUT2D eigenvalue weighted by molar-refractivity contribution is 5.94. The molecule has 1 saturated heterocycles. The second-order valence-corrected chi connectivity index (χ2v) is 3.92. The second-order valence-electron chi connectivity index (χ2n) is 3.92. The van der Waals surface area contributed by atoms with E-state index in [4.69, 9.17) is 4.74 Å². The molecule has 1 aromatic heterocycles.